The lowest BCUT2D eigenvalue weighted by Crippen LogP contribution is -2.47. The molecule has 1 heterocycles. The lowest BCUT2D eigenvalue weighted by Gasteiger charge is -2.27. The van der Waals surface area contributed by atoms with Crippen molar-refractivity contribution >= 4 is 11.8 Å². The van der Waals surface area contributed by atoms with Gasteiger partial charge in [0.05, 0.1) is 64.9 Å². The van der Waals surface area contributed by atoms with Crippen molar-refractivity contribution in [3.05, 3.63) is 0 Å². The number of rotatable bonds is 6. The Labute approximate surface area is 205 Å². The molecule has 0 bridgehead atoms. The molecule has 10 nitrogen and oxygen atoms in total. The Balaban J connectivity index is 2.58. The van der Waals surface area contributed by atoms with E-state index < -0.39 is 12.1 Å². The number of carbonyl (C=O) groups excluding carboxylic acids is 2. The van der Waals surface area contributed by atoms with Crippen LogP contribution < -0.4 is 11.5 Å². The van der Waals surface area contributed by atoms with Crippen molar-refractivity contribution in [3.8, 4) is 0 Å². The summed E-state index contributed by atoms with van der Waals surface area (Å²) in [5.74, 6) is 0.531. The molecule has 1 aliphatic rings. The van der Waals surface area contributed by atoms with Gasteiger partial charge in [0.25, 0.3) is 0 Å². The molecule has 2 amide bonds. The number of carbonyl (C=O) groups is 2. The molecule has 0 spiro atoms. The third kappa shape index (κ3) is 13.6. The van der Waals surface area contributed by atoms with E-state index in [0.717, 1.165) is 0 Å². The Bertz CT molecular complexity index is 496. The summed E-state index contributed by atoms with van der Waals surface area (Å²) in [5, 5.41) is 0. The minimum absolute atomic E-state index is 0.0803. The van der Waals surface area contributed by atoms with Gasteiger partial charge in [-0.1, -0.05) is 27.7 Å². The molecule has 0 aromatic heterocycles. The molecule has 1 aliphatic heterocycles. The molecule has 0 aliphatic carbocycles. The van der Waals surface area contributed by atoms with Crippen LogP contribution in [0.4, 0.5) is 0 Å². The Kier molecular flexibility index (Phi) is 16.3. The number of nitrogens with zero attached hydrogens (tertiary/aromatic N) is 2. The van der Waals surface area contributed by atoms with E-state index in [-0.39, 0.29) is 11.8 Å². The summed E-state index contributed by atoms with van der Waals surface area (Å²) in [7, 11) is 0. The van der Waals surface area contributed by atoms with E-state index in [1.165, 1.54) is 0 Å². The second kappa shape index (κ2) is 18.0. The number of hydrogen-bond donors (Lipinski definition) is 2. The van der Waals surface area contributed by atoms with Gasteiger partial charge in [0.15, 0.2) is 0 Å². The molecular weight excluding hydrogens is 440 g/mol. The molecule has 10 heteroatoms. The Morgan fingerprint density at radius 1 is 0.588 bits per heavy atom. The normalized spacial score (nSPS) is 20.6. The first-order chi connectivity index (χ1) is 16.2. The van der Waals surface area contributed by atoms with Crippen LogP contribution in [0, 0.1) is 11.8 Å². The molecule has 0 unspecified atom stereocenters. The smallest absolute Gasteiger partial charge is 0.239 e. The minimum Gasteiger partial charge on any atom is -0.377 e. The maximum Gasteiger partial charge on any atom is 0.239 e. The minimum atomic E-state index is -0.524. The van der Waals surface area contributed by atoms with Gasteiger partial charge in [0, 0.05) is 26.2 Å². The maximum atomic E-state index is 12.7. The maximum absolute atomic E-state index is 12.7. The molecule has 200 valence electrons. The monoisotopic (exact) mass is 488 g/mol. The summed E-state index contributed by atoms with van der Waals surface area (Å²) in [5.41, 5.74) is 12.2. The highest BCUT2D eigenvalue weighted by atomic mass is 16.5. The fourth-order valence-corrected chi connectivity index (χ4v) is 3.69. The van der Waals surface area contributed by atoms with Gasteiger partial charge in [-0.3, -0.25) is 9.59 Å². The van der Waals surface area contributed by atoms with Crippen LogP contribution in [0.5, 0.6) is 0 Å². The molecule has 0 saturated carbocycles. The van der Waals surface area contributed by atoms with Crippen LogP contribution in [-0.4, -0.2) is 113 Å². The first kappa shape index (κ1) is 30.7. The van der Waals surface area contributed by atoms with Gasteiger partial charge in [-0.15, -0.1) is 0 Å². The quantitative estimate of drug-likeness (QED) is 0.552. The third-order valence-electron chi connectivity index (χ3n) is 5.47. The van der Waals surface area contributed by atoms with Gasteiger partial charge in [0.2, 0.25) is 11.8 Å². The second-order valence-corrected chi connectivity index (χ2v) is 9.57. The topological polar surface area (TPSA) is 130 Å². The lowest BCUT2D eigenvalue weighted by atomic mass is 10.0. The van der Waals surface area contributed by atoms with Crippen LogP contribution in [0.3, 0.4) is 0 Å². The average molecular weight is 489 g/mol. The van der Waals surface area contributed by atoms with Gasteiger partial charge in [0.1, 0.15) is 0 Å². The summed E-state index contributed by atoms with van der Waals surface area (Å²) in [6.07, 6.45) is 1.28. The fraction of sp³-hybridized carbons (Fsp3) is 0.917. The average Bonchev–Trinajstić information content (AvgIpc) is 2.77. The van der Waals surface area contributed by atoms with Crippen molar-refractivity contribution in [1.82, 2.24) is 9.80 Å². The predicted molar refractivity (Wildman–Crippen MR) is 131 cm³/mol. The summed E-state index contributed by atoms with van der Waals surface area (Å²) >= 11 is 0. The summed E-state index contributed by atoms with van der Waals surface area (Å²) in [4.78, 5) is 28.9. The van der Waals surface area contributed by atoms with E-state index in [1.54, 1.807) is 9.80 Å². The molecular formula is C24H48N4O6. The van der Waals surface area contributed by atoms with Crippen molar-refractivity contribution in [1.29, 1.82) is 0 Å². The zero-order valence-corrected chi connectivity index (χ0v) is 21.7. The van der Waals surface area contributed by atoms with Gasteiger partial charge in [-0.2, -0.15) is 0 Å². The van der Waals surface area contributed by atoms with Crippen LogP contribution in [0.15, 0.2) is 0 Å². The molecule has 1 rings (SSSR count). The summed E-state index contributed by atoms with van der Waals surface area (Å²) in [6.45, 7) is 13.2. The molecule has 34 heavy (non-hydrogen) atoms. The summed E-state index contributed by atoms with van der Waals surface area (Å²) in [6, 6.07) is -1.05. The second-order valence-electron chi connectivity index (χ2n) is 9.57. The van der Waals surface area contributed by atoms with Gasteiger partial charge < -0.3 is 40.2 Å². The SMILES string of the molecule is CC(C)C[C@@H](N)C(=O)N1CCOCCOCCN(C(=O)[C@H](N)CC(C)C)CCOCCOCC1. The van der Waals surface area contributed by atoms with Crippen molar-refractivity contribution in [2.45, 2.75) is 52.6 Å². The Morgan fingerprint density at radius 3 is 1.09 bits per heavy atom. The highest BCUT2D eigenvalue weighted by molar-refractivity contribution is 5.82. The largest absolute Gasteiger partial charge is 0.377 e. The number of hydrogen-bond acceptors (Lipinski definition) is 8. The highest BCUT2D eigenvalue weighted by Crippen LogP contribution is 2.07. The Hall–Kier alpha value is -1.30. The van der Waals surface area contributed by atoms with E-state index in [4.69, 9.17) is 30.4 Å². The zero-order chi connectivity index (χ0) is 25.3. The van der Waals surface area contributed by atoms with Gasteiger partial charge in [-0.25, -0.2) is 0 Å². The van der Waals surface area contributed by atoms with Gasteiger partial charge >= 0.3 is 0 Å². The van der Waals surface area contributed by atoms with E-state index >= 15 is 0 Å². The number of nitrogens with two attached hydrogens (primary N) is 2. The Morgan fingerprint density at radius 2 is 0.853 bits per heavy atom. The third-order valence-corrected chi connectivity index (χ3v) is 5.47. The van der Waals surface area contributed by atoms with Crippen LogP contribution in [0.25, 0.3) is 0 Å². The number of amides is 2. The van der Waals surface area contributed by atoms with E-state index in [9.17, 15) is 9.59 Å². The zero-order valence-electron chi connectivity index (χ0n) is 21.7. The van der Waals surface area contributed by atoms with Crippen molar-refractivity contribution in [3.63, 3.8) is 0 Å². The van der Waals surface area contributed by atoms with E-state index in [1.807, 2.05) is 27.7 Å². The van der Waals surface area contributed by atoms with Crippen molar-refractivity contribution in [2.24, 2.45) is 23.3 Å². The van der Waals surface area contributed by atoms with Crippen LogP contribution in [-0.2, 0) is 28.5 Å². The van der Waals surface area contributed by atoms with Crippen LogP contribution >= 0.6 is 0 Å². The molecule has 0 radical (unpaired) electrons. The standard InChI is InChI=1S/C24H48N4O6/c1-19(2)17-21(25)23(29)27-5-9-31-13-15-33-11-7-28(24(30)22(26)18-20(3)4)8-12-34-16-14-32-10-6-27/h19-22H,5-18,25-26H2,1-4H3/t21-,22-/m1/s1. The fourth-order valence-electron chi connectivity index (χ4n) is 3.69. The van der Waals surface area contributed by atoms with Crippen molar-refractivity contribution in [2.75, 3.05) is 79.0 Å². The summed E-state index contributed by atoms with van der Waals surface area (Å²) < 4.78 is 22.6. The lowest BCUT2D eigenvalue weighted by molar-refractivity contribution is -0.136. The van der Waals surface area contributed by atoms with Gasteiger partial charge in [-0.05, 0) is 24.7 Å². The molecule has 1 fully saturated rings. The molecule has 0 aromatic carbocycles. The van der Waals surface area contributed by atoms with Crippen LogP contribution in [0.1, 0.15) is 40.5 Å². The van der Waals surface area contributed by atoms with Crippen LogP contribution in [0.2, 0.25) is 0 Å². The predicted octanol–water partition coefficient (Wildman–Crippen LogP) is 0.470. The first-order valence-corrected chi connectivity index (χ1v) is 12.6. The molecule has 4 N–H and O–H groups in total. The number of ether oxygens (including phenoxy) is 4. The van der Waals surface area contributed by atoms with Crippen molar-refractivity contribution < 1.29 is 28.5 Å². The van der Waals surface area contributed by atoms with E-state index in [0.29, 0.717) is 104 Å². The molecule has 2 atom stereocenters. The molecule has 0 aromatic rings. The highest BCUT2D eigenvalue weighted by Gasteiger charge is 2.23. The first-order valence-electron chi connectivity index (χ1n) is 12.6. The molecule has 1 saturated heterocycles. The van der Waals surface area contributed by atoms with E-state index in [2.05, 4.69) is 0 Å².